The molecule has 0 aliphatic carbocycles. The van der Waals surface area contributed by atoms with Crippen LogP contribution in [0.15, 0.2) is 28.9 Å². The Bertz CT molecular complexity index is 598. The molecule has 108 valence electrons. The lowest BCUT2D eigenvalue weighted by Gasteiger charge is -2.13. The van der Waals surface area contributed by atoms with Crippen LogP contribution in [0.25, 0.3) is 11.3 Å². The van der Waals surface area contributed by atoms with Crippen molar-refractivity contribution in [2.24, 2.45) is 0 Å². The van der Waals surface area contributed by atoms with Crippen molar-refractivity contribution in [2.75, 3.05) is 0 Å². The summed E-state index contributed by atoms with van der Waals surface area (Å²) in [6.45, 7) is 0. The number of nitrogens with zero attached hydrogens (tertiary/aromatic N) is 1. The average molecular weight is 316 g/mol. The first-order valence-corrected chi connectivity index (χ1v) is 5.36. The zero-order valence-corrected chi connectivity index (χ0v) is 10.1. The maximum absolute atomic E-state index is 12.6. The zero-order chi connectivity index (χ0) is 15.1. The lowest BCUT2D eigenvalue weighted by atomic mass is 10.0. The van der Waals surface area contributed by atoms with Gasteiger partial charge in [-0.05, 0) is 29.8 Å². The number of rotatable bonds is 1. The molecule has 0 bridgehead atoms. The van der Waals surface area contributed by atoms with E-state index in [9.17, 15) is 26.3 Å². The number of alkyl halides is 6. The van der Waals surface area contributed by atoms with Gasteiger partial charge in [-0.2, -0.15) is 31.3 Å². The first-order chi connectivity index (χ1) is 9.07. The smallest absolute Gasteiger partial charge is 0.416 e. The van der Waals surface area contributed by atoms with E-state index in [0.29, 0.717) is 12.1 Å². The molecule has 0 fully saturated rings. The Morgan fingerprint density at radius 1 is 0.900 bits per heavy atom. The molecule has 0 aliphatic heterocycles. The molecule has 0 N–H and O–H groups in total. The fraction of sp³-hybridized carbons (Fsp3) is 0.182. The van der Waals surface area contributed by atoms with Gasteiger partial charge < -0.3 is 4.42 Å². The second-order valence-electron chi connectivity index (χ2n) is 3.78. The summed E-state index contributed by atoms with van der Waals surface area (Å²) in [5.74, 6) is 0. The topological polar surface area (TPSA) is 26.0 Å². The molecule has 0 aliphatic rings. The van der Waals surface area contributed by atoms with Crippen LogP contribution in [0.2, 0.25) is 5.35 Å². The van der Waals surface area contributed by atoms with Crippen molar-refractivity contribution >= 4 is 11.6 Å². The molecule has 0 saturated carbocycles. The van der Waals surface area contributed by atoms with E-state index in [1.165, 1.54) is 0 Å². The Hall–Kier alpha value is -1.70. The Morgan fingerprint density at radius 3 is 1.75 bits per heavy atom. The van der Waals surface area contributed by atoms with E-state index in [0.717, 1.165) is 6.26 Å². The second-order valence-corrected chi connectivity index (χ2v) is 4.10. The van der Waals surface area contributed by atoms with Crippen LogP contribution in [0.3, 0.4) is 0 Å². The Balaban J connectivity index is 2.63. The summed E-state index contributed by atoms with van der Waals surface area (Å²) in [4.78, 5) is 3.49. The van der Waals surface area contributed by atoms with Crippen molar-refractivity contribution in [1.82, 2.24) is 4.98 Å². The van der Waals surface area contributed by atoms with E-state index in [1.807, 2.05) is 0 Å². The third-order valence-electron chi connectivity index (χ3n) is 2.36. The van der Waals surface area contributed by atoms with Crippen LogP contribution in [-0.2, 0) is 12.4 Å². The highest BCUT2D eigenvalue weighted by Gasteiger charge is 2.37. The molecule has 2 rings (SSSR count). The van der Waals surface area contributed by atoms with Gasteiger partial charge in [0, 0.05) is 5.56 Å². The maximum atomic E-state index is 12.6. The molecule has 9 heteroatoms. The van der Waals surface area contributed by atoms with Crippen molar-refractivity contribution in [3.8, 4) is 11.3 Å². The van der Waals surface area contributed by atoms with Crippen LogP contribution < -0.4 is 0 Å². The predicted molar refractivity (Wildman–Crippen MR) is 57.0 cm³/mol. The van der Waals surface area contributed by atoms with Crippen molar-refractivity contribution < 1.29 is 30.8 Å². The van der Waals surface area contributed by atoms with Gasteiger partial charge in [0.05, 0.1) is 11.1 Å². The minimum Gasteiger partial charge on any atom is -0.436 e. The fourth-order valence-electron chi connectivity index (χ4n) is 1.49. The predicted octanol–water partition coefficient (Wildman–Crippen LogP) is 5.03. The minimum atomic E-state index is -4.91. The first kappa shape index (κ1) is 14.7. The zero-order valence-electron chi connectivity index (χ0n) is 9.31. The number of hydrogen-bond donors (Lipinski definition) is 0. The van der Waals surface area contributed by atoms with Gasteiger partial charge in [0.25, 0.3) is 5.35 Å². The number of aromatic nitrogens is 1. The van der Waals surface area contributed by atoms with Gasteiger partial charge >= 0.3 is 12.4 Å². The lowest BCUT2D eigenvalue weighted by Crippen LogP contribution is -2.11. The van der Waals surface area contributed by atoms with Gasteiger partial charge in [0.2, 0.25) is 0 Å². The summed E-state index contributed by atoms with van der Waals surface area (Å²) in [6, 6.07) is 1.12. The van der Waals surface area contributed by atoms with Gasteiger partial charge in [0.15, 0.2) is 0 Å². The largest absolute Gasteiger partial charge is 0.436 e. The minimum absolute atomic E-state index is 0.0329. The number of hydrogen-bond acceptors (Lipinski definition) is 2. The molecule has 2 aromatic rings. The molecule has 20 heavy (non-hydrogen) atoms. The van der Waals surface area contributed by atoms with E-state index in [4.69, 9.17) is 11.6 Å². The molecule has 0 unspecified atom stereocenters. The molecular formula is C11H4ClF6NO. The van der Waals surface area contributed by atoms with Gasteiger partial charge in [-0.15, -0.1) is 0 Å². The molecule has 0 amide bonds. The van der Waals surface area contributed by atoms with Crippen LogP contribution in [0.1, 0.15) is 11.1 Å². The van der Waals surface area contributed by atoms with Gasteiger partial charge in [0.1, 0.15) is 12.0 Å². The molecule has 1 aromatic carbocycles. The Morgan fingerprint density at radius 2 is 1.40 bits per heavy atom. The Kier molecular flexibility index (Phi) is 3.45. The molecule has 0 radical (unpaired) electrons. The van der Waals surface area contributed by atoms with E-state index in [-0.39, 0.29) is 22.7 Å². The first-order valence-electron chi connectivity index (χ1n) is 4.98. The second kappa shape index (κ2) is 4.69. The summed E-state index contributed by atoms with van der Waals surface area (Å²) in [7, 11) is 0. The Labute approximate surface area is 113 Å². The number of benzene rings is 1. The van der Waals surface area contributed by atoms with Crippen LogP contribution in [0.5, 0.6) is 0 Å². The molecule has 2 nitrogen and oxygen atoms in total. The highest BCUT2D eigenvalue weighted by molar-refractivity contribution is 6.27. The fourth-order valence-corrected chi connectivity index (χ4v) is 1.62. The molecule has 0 saturated heterocycles. The summed E-state index contributed by atoms with van der Waals surface area (Å²) >= 11 is 5.35. The summed E-state index contributed by atoms with van der Waals surface area (Å²) < 4.78 is 80.3. The molecule has 1 heterocycles. The molecule has 0 spiro atoms. The molecular weight excluding hydrogens is 312 g/mol. The van der Waals surface area contributed by atoms with Crippen molar-refractivity contribution in [3.63, 3.8) is 0 Å². The summed E-state index contributed by atoms with van der Waals surface area (Å²) in [6.07, 6.45) is -8.95. The summed E-state index contributed by atoms with van der Waals surface area (Å²) in [5, 5.41) is -0.383. The molecule has 0 atom stereocenters. The van der Waals surface area contributed by atoms with Gasteiger partial charge in [-0.1, -0.05) is 0 Å². The van der Waals surface area contributed by atoms with Crippen LogP contribution in [0, 0.1) is 0 Å². The van der Waals surface area contributed by atoms with Crippen molar-refractivity contribution in [1.29, 1.82) is 0 Å². The van der Waals surface area contributed by atoms with Crippen LogP contribution in [0.4, 0.5) is 26.3 Å². The van der Waals surface area contributed by atoms with Crippen LogP contribution >= 0.6 is 11.6 Å². The van der Waals surface area contributed by atoms with Crippen molar-refractivity contribution in [3.05, 3.63) is 40.9 Å². The van der Waals surface area contributed by atoms with Gasteiger partial charge in [-0.3, -0.25) is 0 Å². The van der Waals surface area contributed by atoms with Crippen molar-refractivity contribution in [2.45, 2.75) is 12.4 Å². The number of halogens is 7. The normalized spacial score (nSPS) is 12.8. The third kappa shape index (κ3) is 3.06. The van der Waals surface area contributed by atoms with Gasteiger partial charge in [-0.25, -0.2) is 0 Å². The van der Waals surface area contributed by atoms with E-state index in [1.54, 1.807) is 0 Å². The maximum Gasteiger partial charge on any atom is 0.416 e. The van der Waals surface area contributed by atoms with Crippen LogP contribution in [-0.4, -0.2) is 4.98 Å². The SMILES string of the molecule is FC(F)(F)c1cc(-c2coc(Cl)n2)cc(C(F)(F)F)c1. The number of oxazole rings is 1. The third-order valence-corrected chi connectivity index (χ3v) is 2.53. The highest BCUT2D eigenvalue weighted by atomic mass is 35.5. The monoisotopic (exact) mass is 315 g/mol. The lowest BCUT2D eigenvalue weighted by molar-refractivity contribution is -0.143. The quantitative estimate of drug-likeness (QED) is 0.690. The van der Waals surface area contributed by atoms with E-state index < -0.39 is 23.5 Å². The summed E-state index contributed by atoms with van der Waals surface area (Å²) in [5.41, 5.74) is -3.46. The molecule has 1 aromatic heterocycles. The van der Waals surface area contributed by atoms with E-state index >= 15 is 0 Å². The average Bonchev–Trinajstić information content (AvgIpc) is 2.73. The van der Waals surface area contributed by atoms with E-state index in [2.05, 4.69) is 9.40 Å². The standard InChI is InChI=1S/C11H4ClF6NO/c12-9-19-8(4-20-9)5-1-6(10(13,14)15)3-7(2-5)11(16,17)18/h1-4H. The highest BCUT2D eigenvalue weighted by Crippen LogP contribution is 2.38.